The standard InChI is InChI=1S/C46H53Cl2F3N6O6/c1-29-39(58)19-34(27-62-5)43(60)53-45(22-30-7-12-35(47)13-8-30)17-6-18-56(28-45)44(61)33(23-46(49,50)51)20-42(59)57(29)25-32-9-14-36(48)21-40(32)63-37-15-10-31(11-16-37)38-24-52-41(55(38)4)26-54(2)3/h7-16,21,24,29,33-34H,6,17-20,22-23,25-28H2,1-5H3,(H,53,60)/t29-,33-,34-,45+/m0/s1. The van der Waals surface area contributed by atoms with Crippen LogP contribution in [0.2, 0.25) is 10.0 Å². The van der Waals surface area contributed by atoms with Gasteiger partial charge in [-0.05, 0) is 94.4 Å². The van der Waals surface area contributed by atoms with Crippen molar-refractivity contribution in [3.63, 3.8) is 0 Å². The summed E-state index contributed by atoms with van der Waals surface area (Å²) in [4.78, 5) is 66.3. The molecule has 0 aliphatic carbocycles. The van der Waals surface area contributed by atoms with Crippen LogP contribution in [0.3, 0.4) is 0 Å². The fraction of sp³-hybridized carbons (Fsp3) is 0.457. The largest absolute Gasteiger partial charge is 0.457 e. The highest BCUT2D eigenvalue weighted by atomic mass is 35.5. The molecule has 12 nitrogen and oxygen atoms in total. The molecule has 1 N–H and O–H groups in total. The maximum atomic E-state index is 14.5. The lowest BCUT2D eigenvalue weighted by molar-refractivity contribution is -0.164. The molecule has 0 unspecified atom stereocenters. The molecule has 2 saturated heterocycles. The Morgan fingerprint density at radius 2 is 1.65 bits per heavy atom. The van der Waals surface area contributed by atoms with Gasteiger partial charge in [0.05, 0.1) is 61.4 Å². The van der Waals surface area contributed by atoms with Crippen molar-refractivity contribution in [2.45, 2.75) is 76.3 Å². The molecule has 0 radical (unpaired) electrons. The van der Waals surface area contributed by atoms with Crippen LogP contribution < -0.4 is 10.1 Å². The SMILES string of the molecule is COC[C@@H]1CC(=O)[C@H](C)N(Cc2ccc(Cl)cc2Oc2ccc(-c3cnc(CN(C)C)n3C)cc2)C(=O)C[C@@H](CC(F)(F)F)C(=O)N2CCC[C@@](Cc3ccc(Cl)cc3)(C2)NC1=O. The van der Waals surface area contributed by atoms with E-state index < -0.39 is 65.9 Å². The van der Waals surface area contributed by atoms with Crippen molar-refractivity contribution in [1.82, 2.24) is 29.6 Å². The number of aromatic nitrogens is 2. The Bertz CT molecular complexity index is 2270. The molecular weight excluding hydrogens is 860 g/mol. The Morgan fingerprint density at radius 3 is 2.32 bits per heavy atom. The van der Waals surface area contributed by atoms with E-state index in [2.05, 4.69) is 10.3 Å². The Morgan fingerprint density at radius 1 is 0.952 bits per heavy atom. The molecule has 17 heteroatoms. The molecule has 6 rings (SSSR count). The van der Waals surface area contributed by atoms with Crippen molar-refractivity contribution in [3.8, 4) is 22.8 Å². The number of hydrogen-bond acceptors (Lipinski definition) is 8. The van der Waals surface area contributed by atoms with Crippen molar-refractivity contribution in [2.75, 3.05) is 40.9 Å². The molecule has 3 aromatic carbocycles. The number of benzene rings is 3. The number of carbonyl (C=O) groups excluding carboxylic acids is 4. The number of piperidine rings is 1. The molecule has 0 saturated carbocycles. The summed E-state index contributed by atoms with van der Waals surface area (Å²) < 4.78 is 56.7. The van der Waals surface area contributed by atoms with Gasteiger partial charge in [-0.25, -0.2) is 4.98 Å². The van der Waals surface area contributed by atoms with E-state index in [1.807, 2.05) is 42.7 Å². The topological polar surface area (TPSA) is 126 Å². The highest BCUT2D eigenvalue weighted by Gasteiger charge is 2.45. The van der Waals surface area contributed by atoms with Crippen LogP contribution in [0.15, 0.2) is 72.9 Å². The van der Waals surface area contributed by atoms with Crippen molar-refractivity contribution in [2.24, 2.45) is 18.9 Å². The third-order valence-corrected chi connectivity index (χ3v) is 12.2. The zero-order chi connectivity index (χ0) is 45.6. The Hall–Kier alpha value is -4.96. The second kappa shape index (κ2) is 20.3. The monoisotopic (exact) mass is 912 g/mol. The predicted octanol–water partition coefficient (Wildman–Crippen LogP) is 7.88. The normalized spacial score (nSPS) is 21.7. The molecule has 0 spiro atoms. The molecular formula is C46H53Cl2F3N6O6. The van der Waals surface area contributed by atoms with Crippen LogP contribution in [0.5, 0.6) is 11.5 Å². The zero-order valence-corrected chi connectivity index (χ0v) is 37.5. The van der Waals surface area contributed by atoms with Crippen LogP contribution in [-0.4, -0.2) is 106 Å². The maximum Gasteiger partial charge on any atom is 0.389 e. The molecule has 3 heterocycles. The number of carbonyl (C=O) groups is 4. The number of Topliss-reactive ketones (excluding diaryl/α,β-unsaturated/α-hetero) is 1. The maximum absolute atomic E-state index is 14.5. The van der Waals surface area contributed by atoms with Crippen molar-refractivity contribution in [1.29, 1.82) is 0 Å². The third-order valence-electron chi connectivity index (χ3n) is 11.7. The van der Waals surface area contributed by atoms with Crippen molar-refractivity contribution in [3.05, 3.63) is 99.9 Å². The number of ketones is 1. The van der Waals surface area contributed by atoms with Crippen LogP contribution in [0.4, 0.5) is 13.2 Å². The number of ether oxygens (including phenoxy) is 2. The Kier molecular flexibility index (Phi) is 15.3. The van der Waals surface area contributed by atoms with Crippen molar-refractivity contribution >= 4 is 46.7 Å². The lowest BCUT2D eigenvalue weighted by Crippen LogP contribution is -2.63. The van der Waals surface area contributed by atoms with Crippen LogP contribution in [0.1, 0.15) is 56.0 Å². The highest BCUT2D eigenvalue weighted by molar-refractivity contribution is 6.31. The quantitative estimate of drug-likeness (QED) is 0.152. The molecule has 2 aliphatic rings. The smallest absolute Gasteiger partial charge is 0.389 e. The van der Waals surface area contributed by atoms with E-state index >= 15 is 0 Å². The van der Waals surface area contributed by atoms with Gasteiger partial charge in [-0.2, -0.15) is 13.2 Å². The predicted molar refractivity (Wildman–Crippen MR) is 233 cm³/mol. The van der Waals surface area contributed by atoms with Crippen molar-refractivity contribution < 1.29 is 41.8 Å². The molecule has 2 aliphatic heterocycles. The minimum absolute atomic E-state index is 0.109. The molecule has 2 fully saturated rings. The number of rotatable bonds is 12. The van der Waals surface area contributed by atoms with Gasteiger partial charge in [0.15, 0.2) is 5.78 Å². The fourth-order valence-electron chi connectivity index (χ4n) is 8.44. The first-order chi connectivity index (χ1) is 29.8. The number of nitrogens with one attached hydrogen (secondary N) is 1. The van der Waals surface area contributed by atoms with Gasteiger partial charge >= 0.3 is 6.18 Å². The van der Waals surface area contributed by atoms with Gasteiger partial charge in [-0.15, -0.1) is 0 Å². The minimum Gasteiger partial charge on any atom is -0.457 e. The summed E-state index contributed by atoms with van der Waals surface area (Å²) in [5.41, 5.74) is 1.86. The first kappa shape index (κ1) is 47.5. The van der Waals surface area contributed by atoms with Gasteiger partial charge in [0, 0.05) is 61.3 Å². The molecule has 3 amide bonds. The summed E-state index contributed by atoms with van der Waals surface area (Å²) in [6, 6.07) is 17.7. The van der Waals surface area contributed by atoms with Crippen LogP contribution in [0.25, 0.3) is 11.3 Å². The number of fused-ring (bicyclic) bond motifs is 2. The van der Waals surface area contributed by atoms with E-state index in [9.17, 15) is 32.3 Å². The van der Waals surface area contributed by atoms with Gasteiger partial charge in [0.2, 0.25) is 17.7 Å². The van der Waals surface area contributed by atoms with Gasteiger partial charge in [-0.1, -0.05) is 41.4 Å². The third kappa shape index (κ3) is 12.2. The minimum atomic E-state index is -4.80. The molecule has 338 valence electrons. The van der Waals surface area contributed by atoms with Crippen LogP contribution in [0, 0.1) is 11.8 Å². The highest BCUT2D eigenvalue weighted by Crippen LogP contribution is 2.36. The van der Waals surface area contributed by atoms with E-state index in [-0.39, 0.29) is 44.8 Å². The van der Waals surface area contributed by atoms with Gasteiger partial charge < -0.3 is 34.1 Å². The van der Waals surface area contributed by atoms with Crippen LogP contribution in [-0.2, 0) is 50.5 Å². The number of alkyl halides is 3. The van der Waals surface area contributed by atoms with Gasteiger partial charge in [0.25, 0.3) is 0 Å². The van der Waals surface area contributed by atoms with E-state index in [0.29, 0.717) is 40.7 Å². The zero-order valence-electron chi connectivity index (χ0n) is 36.0. The number of nitrogens with zero attached hydrogens (tertiary/aromatic N) is 5. The molecule has 4 aromatic rings. The van der Waals surface area contributed by atoms with Gasteiger partial charge in [0.1, 0.15) is 17.3 Å². The van der Waals surface area contributed by atoms with Crippen LogP contribution >= 0.6 is 23.2 Å². The summed E-state index contributed by atoms with van der Waals surface area (Å²) in [5.74, 6) is -3.98. The lowest BCUT2D eigenvalue weighted by atomic mass is 9.81. The number of halogens is 5. The lowest BCUT2D eigenvalue weighted by Gasteiger charge is -2.45. The fourth-order valence-corrected chi connectivity index (χ4v) is 8.73. The summed E-state index contributed by atoms with van der Waals surface area (Å²) in [7, 11) is 7.27. The first-order valence-corrected chi connectivity index (χ1v) is 21.5. The summed E-state index contributed by atoms with van der Waals surface area (Å²) in [6.07, 6.45) is -4.70. The first-order valence-electron chi connectivity index (χ1n) is 20.8. The van der Waals surface area contributed by atoms with E-state index in [4.69, 9.17) is 32.7 Å². The summed E-state index contributed by atoms with van der Waals surface area (Å²) >= 11 is 12.6. The molecule has 1 aromatic heterocycles. The second-order valence-corrected chi connectivity index (χ2v) is 17.8. The Balaban J connectivity index is 1.33. The number of imidazole rings is 1. The number of amides is 3. The molecule has 4 atom stereocenters. The number of hydrogen-bond donors (Lipinski definition) is 1. The molecule has 63 heavy (non-hydrogen) atoms. The number of methoxy groups -OCH3 is 1. The second-order valence-electron chi connectivity index (χ2n) is 16.9. The Labute approximate surface area is 375 Å². The van der Waals surface area contributed by atoms with E-state index in [1.54, 1.807) is 60.8 Å². The average Bonchev–Trinajstić information content (AvgIpc) is 3.58. The average molecular weight is 914 g/mol. The van der Waals surface area contributed by atoms with E-state index in [0.717, 1.165) is 27.5 Å². The van der Waals surface area contributed by atoms with Gasteiger partial charge in [-0.3, -0.25) is 19.2 Å². The summed E-state index contributed by atoms with van der Waals surface area (Å²) in [5, 5.41) is 3.92. The molecule has 2 bridgehead atoms. The van der Waals surface area contributed by atoms with E-state index in [1.165, 1.54) is 18.9 Å². The summed E-state index contributed by atoms with van der Waals surface area (Å²) in [6.45, 7) is 1.73.